The Kier molecular flexibility index (Phi) is 7.18. The van der Waals surface area contributed by atoms with Gasteiger partial charge in [-0.1, -0.05) is 13.0 Å². The molecule has 1 aromatic carbocycles. The Bertz CT molecular complexity index is 1050. The molecule has 5 heteroatoms. The fourth-order valence-electron chi connectivity index (χ4n) is 2.83. The Morgan fingerprint density at radius 1 is 1.10 bits per heavy atom. The molecule has 5 nitrogen and oxygen atoms in total. The van der Waals surface area contributed by atoms with E-state index in [1.54, 1.807) is 6.20 Å². The quantitative estimate of drug-likeness (QED) is 0.450. The van der Waals surface area contributed by atoms with Crippen LogP contribution in [0.4, 0.5) is 5.69 Å². The minimum absolute atomic E-state index is 0.253. The Morgan fingerprint density at radius 3 is 2.83 bits per heavy atom. The van der Waals surface area contributed by atoms with E-state index in [-0.39, 0.29) is 5.91 Å². The van der Waals surface area contributed by atoms with Gasteiger partial charge < -0.3 is 10.1 Å². The normalized spacial score (nSPS) is 10.3. The van der Waals surface area contributed by atoms with Crippen LogP contribution in [0.25, 0.3) is 11.0 Å². The number of pyridine rings is 2. The van der Waals surface area contributed by atoms with Crippen LogP contribution in [0.3, 0.4) is 0 Å². The number of carbonyl (C=O) groups excluding carboxylic acids is 1. The van der Waals surface area contributed by atoms with Gasteiger partial charge in [-0.15, -0.1) is 11.8 Å². The van der Waals surface area contributed by atoms with Crippen LogP contribution in [-0.2, 0) is 0 Å². The van der Waals surface area contributed by atoms with Crippen molar-refractivity contribution < 1.29 is 9.53 Å². The smallest absolute Gasteiger partial charge is 0.274 e. The van der Waals surface area contributed by atoms with E-state index in [0.29, 0.717) is 23.5 Å². The van der Waals surface area contributed by atoms with Gasteiger partial charge in [0, 0.05) is 30.8 Å². The molecule has 0 atom stereocenters. The number of rotatable bonds is 7. The lowest BCUT2D eigenvalue weighted by Gasteiger charge is -2.10. The Labute approximate surface area is 171 Å². The molecule has 0 aliphatic carbocycles. The molecule has 0 unspecified atom stereocenters. The summed E-state index contributed by atoms with van der Waals surface area (Å²) >= 11 is 0. The maximum absolute atomic E-state index is 12.7. The van der Waals surface area contributed by atoms with Gasteiger partial charge in [-0.25, -0.2) is 4.98 Å². The molecule has 2 heterocycles. The largest absolute Gasteiger partial charge is 0.493 e. The van der Waals surface area contributed by atoms with Gasteiger partial charge in [-0.2, -0.15) is 0 Å². The second-order valence-electron chi connectivity index (χ2n) is 6.73. The van der Waals surface area contributed by atoms with E-state index >= 15 is 0 Å². The van der Waals surface area contributed by atoms with Crippen molar-refractivity contribution in [3.05, 3.63) is 59.9 Å². The zero-order valence-electron chi connectivity index (χ0n) is 16.9. The zero-order chi connectivity index (χ0) is 20.5. The third-order valence-corrected chi connectivity index (χ3v) is 4.30. The van der Waals surface area contributed by atoms with Crippen LogP contribution in [0.15, 0.2) is 48.7 Å². The summed E-state index contributed by atoms with van der Waals surface area (Å²) in [4.78, 5) is 21.5. The summed E-state index contributed by atoms with van der Waals surface area (Å²) in [6, 6.07) is 12.9. The van der Waals surface area contributed by atoms with Crippen LogP contribution < -0.4 is 10.1 Å². The predicted octanol–water partition coefficient (Wildman–Crippen LogP) is 5.15. The highest BCUT2D eigenvalue weighted by atomic mass is 16.5. The summed E-state index contributed by atoms with van der Waals surface area (Å²) in [5, 5.41) is 2.90. The number of aromatic nitrogens is 2. The molecule has 3 rings (SSSR count). The first-order chi connectivity index (χ1) is 14.2. The molecule has 148 valence electrons. The van der Waals surface area contributed by atoms with Gasteiger partial charge in [0.1, 0.15) is 11.4 Å². The van der Waals surface area contributed by atoms with Gasteiger partial charge in [0.2, 0.25) is 0 Å². The number of carbonyl (C=O) groups is 1. The summed E-state index contributed by atoms with van der Waals surface area (Å²) < 4.78 is 5.78. The van der Waals surface area contributed by atoms with Gasteiger partial charge in [-0.05, 0) is 55.7 Å². The third kappa shape index (κ3) is 5.79. The van der Waals surface area contributed by atoms with Gasteiger partial charge in [0.05, 0.1) is 17.6 Å². The van der Waals surface area contributed by atoms with Crippen molar-refractivity contribution in [2.24, 2.45) is 0 Å². The number of fused-ring (bicyclic) bond motifs is 1. The van der Waals surface area contributed by atoms with Crippen molar-refractivity contribution >= 4 is 22.6 Å². The summed E-state index contributed by atoms with van der Waals surface area (Å²) in [6.07, 6.45) is 5.46. The molecule has 2 aromatic heterocycles. The second kappa shape index (κ2) is 10.2. The van der Waals surface area contributed by atoms with Gasteiger partial charge >= 0.3 is 0 Å². The molecule has 0 saturated heterocycles. The lowest BCUT2D eigenvalue weighted by Crippen LogP contribution is -2.15. The highest BCUT2D eigenvalue weighted by Crippen LogP contribution is 2.20. The number of aryl methyl sites for hydroxylation is 1. The van der Waals surface area contributed by atoms with E-state index in [1.165, 1.54) is 0 Å². The summed E-state index contributed by atoms with van der Waals surface area (Å²) in [5.41, 5.74) is 3.31. The van der Waals surface area contributed by atoms with E-state index in [4.69, 9.17) is 4.74 Å². The molecule has 29 heavy (non-hydrogen) atoms. The van der Waals surface area contributed by atoms with Crippen molar-refractivity contribution in [2.75, 3.05) is 11.9 Å². The van der Waals surface area contributed by atoms with E-state index in [1.807, 2.05) is 49.4 Å². The summed E-state index contributed by atoms with van der Waals surface area (Å²) in [6.45, 7) is 4.58. The third-order valence-electron chi connectivity index (χ3n) is 4.30. The van der Waals surface area contributed by atoms with Crippen LogP contribution in [0.1, 0.15) is 48.7 Å². The summed E-state index contributed by atoms with van der Waals surface area (Å²) in [7, 11) is 0. The Hall–Kier alpha value is -3.39. The van der Waals surface area contributed by atoms with Gasteiger partial charge in [0.25, 0.3) is 5.91 Å². The number of benzene rings is 1. The fraction of sp³-hybridized carbons (Fsp3) is 0.292. The Morgan fingerprint density at radius 2 is 1.97 bits per heavy atom. The number of ether oxygens (including phenoxy) is 1. The molecule has 0 aliphatic heterocycles. The molecule has 1 amide bonds. The van der Waals surface area contributed by atoms with E-state index in [0.717, 1.165) is 42.5 Å². The number of nitrogens with zero attached hydrogens (tertiary/aromatic N) is 2. The van der Waals surface area contributed by atoms with E-state index < -0.39 is 0 Å². The fourth-order valence-corrected chi connectivity index (χ4v) is 2.83. The molecule has 3 aromatic rings. The molecular formula is C24H25N3O2. The first-order valence-corrected chi connectivity index (χ1v) is 9.89. The summed E-state index contributed by atoms with van der Waals surface area (Å²) in [5.74, 6) is 6.75. The maximum atomic E-state index is 12.7. The van der Waals surface area contributed by atoms with Gasteiger partial charge in [0.15, 0.2) is 0 Å². The van der Waals surface area contributed by atoms with Crippen molar-refractivity contribution in [1.29, 1.82) is 0 Å². The molecule has 0 aliphatic rings. The molecule has 0 spiro atoms. The van der Waals surface area contributed by atoms with E-state index in [9.17, 15) is 4.79 Å². The van der Waals surface area contributed by atoms with E-state index in [2.05, 4.69) is 34.0 Å². The number of amides is 1. The number of nitrogens with one attached hydrogen (secondary N) is 1. The molecular weight excluding hydrogens is 362 g/mol. The average Bonchev–Trinajstić information content (AvgIpc) is 2.73. The molecule has 0 radical (unpaired) electrons. The van der Waals surface area contributed by atoms with Crippen molar-refractivity contribution in [2.45, 2.75) is 39.5 Å². The average molecular weight is 387 g/mol. The maximum Gasteiger partial charge on any atom is 0.274 e. The number of anilines is 1. The predicted molar refractivity (Wildman–Crippen MR) is 116 cm³/mol. The van der Waals surface area contributed by atoms with Crippen LogP contribution >= 0.6 is 0 Å². The first kappa shape index (κ1) is 20.3. The molecule has 0 fully saturated rings. The zero-order valence-corrected chi connectivity index (χ0v) is 16.9. The van der Waals surface area contributed by atoms with Crippen LogP contribution in [-0.4, -0.2) is 22.5 Å². The lowest BCUT2D eigenvalue weighted by atomic mass is 10.1. The number of unbranched alkanes of at least 4 members (excludes halogenated alkanes) is 2. The van der Waals surface area contributed by atoms with Crippen LogP contribution in [0.5, 0.6) is 5.75 Å². The number of hydrogen-bond donors (Lipinski definition) is 1. The van der Waals surface area contributed by atoms with Crippen molar-refractivity contribution in [3.63, 3.8) is 0 Å². The van der Waals surface area contributed by atoms with Crippen LogP contribution in [0, 0.1) is 18.8 Å². The molecule has 0 saturated carbocycles. The molecule has 1 N–H and O–H groups in total. The van der Waals surface area contributed by atoms with Crippen LogP contribution in [0.2, 0.25) is 0 Å². The minimum Gasteiger partial charge on any atom is -0.493 e. The number of hydrogen-bond acceptors (Lipinski definition) is 4. The van der Waals surface area contributed by atoms with Crippen molar-refractivity contribution in [3.8, 4) is 17.6 Å². The highest BCUT2D eigenvalue weighted by molar-refractivity contribution is 6.05. The second-order valence-corrected chi connectivity index (χ2v) is 6.73. The van der Waals surface area contributed by atoms with Crippen molar-refractivity contribution in [1.82, 2.24) is 9.97 Å². The molecule has 0 bridgehead atoms. The SMILES string of the molecule is CCCC#CCCCOc1cccc(NC(=O)c2nc3cccnc3cc2C)c1. The highest BCUT2D eigenvalue weighted by Gasteiger charge is 2.13. The minimum atomic E-state index is -0.253. The monoisotopic (exact) mass is 387 g/mol. The first-order valence-electron chi connectivity index (χ1n) is 9.89. The van der Waals surface area contributed by atoms with Gasteiger partial charge in [-0.3, -0.25) is 9.78 Å². The standard InChI is InChI=1S/C24H25N3O2/c1-3-4-5-6-7-8-15-29-20-12-9-11-19(17-20)26-24(28)23-18(2)16-22-21(27-23)13-10-14-25-22/h9-14,16-17H,3-4,7-8,15H2,1-2H3,(H,26,28). The Balaban J connectivity index is 1.61. The topological polar surface area (TPSA) is 64.1 Å². The lowest BCUT2D eigenvalue weighted by molar-refractivity contribution is 0.102.